The standard InChI is InChI=1S/C45H38N3O.Pt/c1-31(2)37-27-38(42-25-34(24-33-20-18-32(3)19-21-33)26-43(47-42)41-16-10-11-17-44(41)49)29-40(28-37)48(39-14-8-5-9-15-39)45-30-36(22-23-46-45)35-12-6-4-7-13-35;/h4-23,25-28,30-31,49H,24H2,1-3H3;/q-1;. The van der Waals surface area contributed by atoms with E-state index in [9.17, 15) is 5.11 Å². The van der Waals surface area contributed by atoms with Crippen molar-refractivity contribution in [3.63, 3.8) is 0 Å². The Hall–Kier alpha value is -5.31. The van der Waals surface area contributed by atoms with Crippen molar-refractivity contribution in [3.05, 3.63) is 180 Å². The molecular weight excluding hydrogens is 794 g/mol. The van der Waals surface area contributed by atoms with Crippen LogP contribution < -0.4 is 4.90 Å². The van der Waals surface area contributed by atoms with Crippen molar-refractivity contribution < 1.29 is 26.2 Å². The Kier molecular flexibility index (Phi) is 10.7. The van der Waals surface area contributed by atoms with Crippen LogP contribution in [0.5, 0.6) is 5.75 Å². The topological polar surface area (TPSA) is 49.2 Å². The fourth-order valence-electron chi connectivity index (χ4n) is 6.09. The van der Waals surface area contributed by atoms with Gasteiger partial charge >= 0.3 is 0 Å². The van der Waals surface area contributed by atoms with E-state index in [-0.39, 0.29) is 32.7 Å². The zero-order chi connectivity index (χ0) is 33.7. The smallest absolute Gasteiger partial charge is 0.136 e. The molecule has 0 aliphatic carbocycles. The number of hydrogen-bond acceptors (Lipinski definition) is 4. The predicted molar refractivity (Wildman–Crippen MR) is 202 cm³/mol. The number of phenolic OH excluding ortho intramolecular Hbond substituents is 1. The molecule has 50 heavy (non-hydrogen) atoms. The number of anilines is 3. The molecule has 0 radical (unpaired) electrons. The van der Waals surface area contributed by atoms with E-state index in [1.807, 2.05) is 54.7 Å². The van der Waals surface area contributed by atoms with Gasteiger partial charge in [0.15, 0.2) is 0 Å². The molecule has 0 atom stereocenters. The zero-order valence-electron chi connectivity index (χ0n) is 28.3. The molecular formula is C45H38N3OPt-. The molecule has 2 heterocycles. The van der Waals surface area contributed by atoms with E-state index in [4.69, 9.17) is 9.97 Å². The summed E-state index contributed by atoms with van der Waals surface area (Å²) >= 11 is 0. The fraction of sp³-hybridized carbons (Fsp3) is 0.111. The van der Waals surface area contributed by atoms with Crippen molar-refractivity contribution in [3.8, 4) is 39.4 Å². The molecule has 7 rings (SSSR count). The third kappa shape index (κ3) is 7.77. The normalized spacial score (nSPS) is 10.9. The second-order valence-electron chi connectivity index (χ2n) is 12.7. The van der Waals surface area contributed by atoms with Crippen LogP contribution in [0.25, 0.3) is 33.6 Å². The number of pyridine rings is 2. The van der Waals surface area contributed by atoms with Crippen molar-refractivity contribution >= 4 is 17.2 Å². The van der Waals surface area contributed by atoms with Gasteiger partial charge in [-0.05, 0) is 95.4 Å². The number of aromatic nitrogens is 2. The first-order chi connectivity index (χ1) is 23.9. The number of benzene rings is 5. The van der Waals surface area contributed by atoms with Crippen LogP contribution >= 0.6 is 0 Å². The number of phenols is 1. The largest absolute Gasteiger partial charge is 0.507 e. The number of aryl methyl sites for hydroxylation is 1. The maximum atomic E-state index is 10.9. The van der Waals surface area contributed by atoms with Crippen LogP contribution in [0.2, 0.25) is 0 Å². The molecule has 0 bridgehead atoms. The minimum atomic E-state index is 0. The van der Waals surface area contributed by atoms with E-state index < -0.39 is 0 Å². The van der Waals surface area contributed by atoms with Crippen LogP contribution in [0.15, 0.2) is 152 Å². The molecule has 7 aromatic rings. The first-order valence-corrected chi connectivity index (χ1v) is 16.7. The Bertz CT molecular complexity index is 2200. The summed E-state index contributed by atoms with van der Waals surface area (Å²) in [5.41, 5.74) is 11.9. The number of rotatable bonds is 9. The van der Waals surface area contributed by atoms with E-state index in [0.717, 1.165) is 57.3 Å². The number of hydrogen-bond donors (Lipinski definition) is 1. The summed E-state index contributed by atoms with van der Waals surface area (Å²) in [5, 5.41) is 10.9. The Morgan fingerprint density at radius 1 is 0.680 bits per heavy atom. The van der Waals surface area contributed by atoms with Crippen molar-refractivity contribution in [2.24, 2.45) is 0 Å². The minimum Gasteiger partial charge on any atom is -0.507 e. The summed E-state index contributed by atoms with van der Waals surface area (Å²) < 4.78 is 0. The third-order valence-corrected chi connectivity index (χ3v) is 8.75. The first-order valence-electron chi connectivity index (χ1n) is 16.7. The van der Waals surface area contributed by atoms with Gasteiger partial charge in [0.2, 0.25) is 0 Å². The van der Waals surface area contributed by atoms with Crippen LogP contribution in [-0.2, 0) is 27.5 Å². The maximum absolute atomic E-state index is 10.9. The van der Waals surface area contributed by atoms with Gasteiger partial charge in [-0.25, -0.2) is 4.98 Å². The first kappa shape index (κ1) is 34.5. The van der Waals surface area contributed by atoms with Crippen LogP contribution in [0.4, 0.5) is 17.2 Å². The summed E-state index contributed by atoms with van der Waals surface area (Å²) in [6.07, 6.45) is 2.61. The molecule has 0 unspecified atom stereocenters. The molecule has 2 aromatic heterocycles. The summed E-state index contributed by atoms with van der Waals surface area (Å²) in [6, 6.07) is 53.3. The molecule has 250 valence electrons. The molecule has 0 aliphatic heterocycles. The van der Waals surface area contributed by atoms with E-state index in [0.29, 0.717) is 5.56 Å². The van der Waals surface area contributed by atoms with Gasteiger partial charge in [0, 0.05) is 38.5 Å². The molecule has 0 saturated heterocycles. The quantitative estimate of drug-likeness (QED) is 0.147. The summed E-state index contributed by atoms with van der Waals surface area (Å²) in [6.45, 7) is 6.52. The zero-order valence-corrected chi connectivity index (χ0v) is 30.6. The molecule has 0 aliphatic rings. The SMILES string of the molecule is Cc1ccc(Cc2cc(-c3[c-]c(N(c4ccccc4)c4cc(-c5ccccc5)ccn4)cc(C(C)C)c3)nc(-c3ccccc3O)c2)cc1.[Pt]. The monoisotopic (exact) mass is 831 g/mol. The van der Waals surface area contributed by atoms with Crippen molar-refractivity contribution in [1.29, 1.82) is 0 Å². The van der Waals surface area contributed by atoms with Crippen molar-refractivity contribution in [2.75, 3.05) is 4.90 Å². The van der Waals surface area contributed by atoms with Crippen LogP contribution in [0.3, 0.4) is 0 Å². The molecule has 1 N–H and O–H groups in total. The Labute approximate surface area is 309 Å². The Balaban J connectivity index is 0.00000432. The van der Waals surface area contributed by atoms with E-state index in [1.54, 1.807) is 6.07 Å². The van der Waals surface area contributed by atoms with E-state index >= 15 is 0 Å². The van der Waals surface area contributed by atoms with Gasteiger partial charge in [0.25, 0.3) is 0 Å². The average molecular weight is 832 g/mol. The number of nitrogens with zero attached hydrogens (tertiary/aromatic N) is 3. The van der Waals surface area contributed by atoms with Gasteiger partial charge in [0.05, 0.1) is 5.69 Å². The second-order valence-corrected chi connectivity index (χ2v) is 12.7. The third-order valence-electron chi connectivity index (χ3n) is 8.75. The van der Waals surface area contributed by atoms with Crippen LogP contribution in [0.1, 0.15) is 42.0 Å². The predicted octanol–water partition coefficient (Wildman–Crippen LogP) is 11.5. The second kappa shape index (κ2) is 15.5. The van der Waals surface area contributed by atoms with E-state index in [1.165, 1.54) is 16.7 Å². The summed E-state index contributed by atoms with van der Waals surface area (Å²) in [7, 11) is 0. The molecule has 5 heteroatoms. The molecule has 4 nitrogen and oxygen atoms in total. The Morgan fingerprint density at radius 3 is 2.08 bits per heavy atom. The Morgan fingerprint density at radius 2 is 1.36 bits per heavy atom. The van der Waals surface area contributed by atoms with Gasteiger partial charge in [-0.1, -0.05) is 110 Å². The van der Waals surface area contributed by atoms with E-state index in [2.05, 4.69) is 123 Å². The average Bonchev–Trinajstić information content (AvgIpc) is 3.13. The van der Waals surface area contributed by atoms with Crippen LogP contribution in [0, 0.1) is 13.0 Å². The number of aromatic hydroxyl groups is 1. The summed E-state index contributed by atoms with van der Waals surface area (Å²) in [5.74, 6) is 1.25. The van der Waals surface area contributed by atoms with Gasteiger partial charge in [0.1, 0.15) is 11.6 Å². The molecule has 0 spiro atoms. The molecule has 5 aromatic carbocycles. The van der Waals surface area contributed by atoms with Crippen molar-refractivity contribution in [1.82, 2.24) is 9.97 Å². The maximum Gasteiger partial charge on any atom is 0.136 e. The van der Waals surface area contributed by atoms with Gasteiger partial charge in [-0.2, -0.15) is 0 Å². The summed E-state index contributed by atoms with van der Waals surface area (Å²) in [4.78, 5) is 12.2. The van der Waals surface area contributed by atoms with Gasteiger partial charge in [-0.15, -0.1) is 29.3 Å². The molecule has 0 fully saturated rings. The number of para-hydroxylation sites is 2. The fourth-order valence-corrected chi connectivity index (χ4v) is 6.09. The molecule has 0 amide bonds. The van der Waals surface area contributed by atoms with Crippen molar-refractivity contribution in [2.45, 2.75) is 33.1 Å². The minimum absolute atomic E-state index is 0. The van der Waals surface area contributed by atoms with Gasteiger partial charge < -0.3 is 10.0 Å². The van der Waals surface area contributed by atoms with Gasteiger partial charge in [-0.3, -0.25) is 4.98 Å². The van der Waals surface area contributed by atoms with Crippen LogP contribution in [-0.4, -0.2) is 15.1 Å². The molecule has 0 saturated carbocycles.